The number of nitrogens with zero attached hydrogens (tertiary/aromatic N) is 2. The molecule has 7 heteroatoms. The predicted octanol–water partition coefficient (Wildman–Crippen LogP) is 4.07. The molecule has 0 aliphatic rings. The van der Waals surface area contributed by atoms with E-state index in [0.29, 0.717) is 21.1 Å². The van der Waals surface area contributed by atoms with E-state index < -0.39 is 5.97 Å². The highest BCUT2D eigenvalue weighted by Crippen LogP contribution is 2.38. The first kappa shape index (κ1) is 15.3. The molecule has 0 amide bonds. The van der Waals surface area contributed by atoms with Gasteiger partial charge in [0.2, 0.25) is 0 Å². The third-order valence-corrected chi connectivity index (χ3v) is 5.08. The summed E-state index contributed by atoms with van der Waals surface area (Å²) in [6.07, 6.45) is 0. The first-order chi connectivity index (χ1) is 12.0. The fourth-order valence-corrected chi connectivity index (χ4v) is 3.80. The number of carboxylic acid groups (broad SMARTS) is 1. The van der Waals surface area contributed by atoms with Gasteiger partial charge in [-0.15, -0.1) is 11.3 Å². The number of phenolic OH excluding ortho intramolecular Hbond substituents is 1. The summed E-state index contributed by atoms with van der Waals surface area (Å²) in [5.74, 6) is -0.967. The molecule has 4 aromatic rings. The van der Waals surface area contributed by atoms with Crippen LogP contribution >= 0.6 is 11.3 Å². The van der Waals surface area contributed by atoms with Crippen LogP contribution in [0, 0.1) is 6.92 Å². The summed E-state index contributed by atoms with van der Waals surface area (Å²) >= 11 is 1.28. The van der Waals surface area contributed by atoms with Crippen molar-refractivity contribution in [3.05, 3.63) is 53.7 Å². The molecule has 4 rings (SSSR count). The number of fused-ring (bicyclic) bond motifs is 1. The molecule has 0 aliphatic carbocycles. The summed E-state index contributed by atoms with van der Waals surface area (Å²) in [7, 11) is 0. The second-order valence-corrected chi connectivity index (χ2v) is 6.62. The third kappa shape index (κ3) is 2.54. The van der Waals surface area contributed by atoms with Gasteiger partial charge >= 0.3 is 5.97 Å². The van der Waals surface area contributed by atoms with Crippen LogP contribution in [-0.2, 0) is 0 Å². The van der Waals surface area contributed by atoms with Crippen molar-refractivity contribution >= 4 is 28.2 Å². The number of aromatic nitrogens is 3. The Balaban J connectivity index is 1.91. The molecule has 0 fully saturated rings. The zero-order chi connectivity index (χ0) is 17.6. The highest BCUT2D eigenvalue weighted by molar-refractivity contribution is 7.18. The van der Waals surface area contributed by atoms with Gasteiger partial charge in [0.05, 0.1) is 10.4 Å². The molecule has 25 heavy (non-hydrogen) atoms. The fourth-order valence-electron chi connectivity index (χ4n) is 2.72. The van der Waals surface area contributed by atoms with Gasteiger partial charge in [0, 0.05) is 5.39 Å². The Hall–Kier alpha value is -3.19. The second-order valence-electron chi connectivity index (χ2n) is 5.62. The van der Waals surface area contributed by atoms with Gasteiger partial charge < -0.3 is 10.2 Å². The molecule has 0 radical (unpaired) electrons. The summed E-state index contributed by atoms with van der Waals surface area (Å²) in [5.41, 5.74) is 3.26. The van der Waals surface area contributed by atoms with E-state index in [1.54, 1.807) is 12.1 Å². The molecule has 0 unspecified atom stereocenters. The summed E-state index contributed by atoms with van der Waals surface area (Å²) in [5, 5.41) is 27.7. The quantitative estimate of drug-likeness (QED) is 0.517. The molecule has 0 bridgehead atoms. The lowest BCUT2D eigenvalue weighted by Gasteiger charge is -1.98. The lowest BCUT2D eigenvalue weighted by Crippen LogP contribution is -1.98. The molecule has 2 heterocycles. The number of para-hydroxylation sites is 1. The van der Waals surface area contributed by atoms with Crippen LogP contribution in [0.25, 0.3) is 32.0 Å². The van der Waals surface area contributed by atoms with E-state index in [9.17, 15) is 15.0 Å². The van der Waals surface area contributed by atoms with Gasteiger partial charge in [-0.2, -0.15) is 5.10 Å². The summed E-state index contributed by atoms with van der Waals surface area (Å²) in [6, 6.07) is 12.2. The van der Waals surface area contributed by atoms with Gasteiger partial charge in [0.25, 0.3) is 0 Å². The third-order valence-electron chi connectivity index (χ3n) is 3.96. The molecule has 2 aromatic carbocycles. The molecular formula is C18H13N3O3S. The van der Waals surface area contributed by atoms with Gasteiger partial charge in [-0.3, -0.25) is 5.10 Å². The largest absolute Gasteiger partial charge is 0.508 e. The highest BCUT2D eigenvalue weighted by Gasteiger charge is 2.22. The van der Waals surface area contributed by atoms with E-state index in [2.05, 4.69) is 15.2 Å². The van der Waals surface area contributed by atoms with Crippen LogP contribution in [0.2, 0.25) is 0 Å². The van der Waals surface area contributed by atoms with Crippen molar-refractivity contribution in [2.24, 2.45) is 0 Å². The van der Waals surface area contributed by atoms with Crippen molar-refractivity contribution in [1.29, 1.82) is 0 Å². The lowest BCUT2D eigenvalue weighted by molar-refractivity contribution is 0.0692. The van der Waals surface area contributed by atoms with Crippen LogP contribution in [0.5, 0.6) is 5.75 Å². The van der Waals surface area contributed by atoms with Gasteiger partial charge in [-0.05, 0) is 42.3 Å². The van der Waals surface area contributed by atoms with Crippen LogP contribution in [0.4, 0.5) is 0 Å². The Kier molecular flexibility index (Phi) is 3.51. The monoisotopic (exact) mass is 351 g/mol. The first-order valence-corrected chi connectivity index (χ1v) is 8.34. The van der Waals surface area contributed by atoms with E-state index in [1.807, 2.05) is 25.1 Å². The standard InChI is InChI=1S/C18H13N3O3S/c1-9-3-2-4-12-13(9)20-21-14(12)17-19-15(18(23)24)16(25-17)10-5-7-11(22)8-6-10/h2-8,22H,1H3,(H,20,21)(H,23,24). The molecule has 0 spiro atoms. The van der Waals surface area contributed by atoms with Crippen molar-refractivity contribution < 1.29 is 15.0 Å². The number of aromatic hydroxyl groups is 1. The van der Waals surface area contributed by atoms with Crippen molar-refractivity contribution in [3.63, 3.8) is 0 Å². The van der Waals surface area contributed by atoms with E-state index >= 15 is 0 Å². The number of aromatic carboxylic acids is 1. The van der Waals surface area contributed by atoms with Crippen LogP contribution in [-0.4, -0.2) is 31.4 Å². The van der Waals surface area contributed by atoms with Gasteiger partial charge in [0.1, 0.15) is 16.5 Å². The topological polar surface area (TPSA) is 99.1 Å². The van der Waals surface area contributed by atoms with E-state index in [4.69, 9.17) is 0 Å². The highest BCUT2D eigenvalue weighted by atomic mass is 32.1. The number of benzene rings is 2. The number of carboxylic acids is 1. The van der Waals surface area contributed by atoms with Crippen molar-refractivity contribution in [2.75, 3.05) is 0 Å². The fraction of sp³-hybridized carbons (Fsp3) is 0.0556. The number of aromatic amines is 1. The van der Waals surface area contributed by atoms with Crippen LogP contribution in [0.3, 0.4) is 0 Å². The number of thiazole rings is 1. The Morgan fingerprint density at radius 3 is 2.64 bits per heavy atom. The maximum atomic E-state index is 11.6. The number of hydrogen-bond acceptors (Lipinski definition) is 5. The summed E-state index contributed by atoms with van der Waals surface area (Å²) in [4.78, 5) is 16.5. The summed E-state index contributed by atoms with van der Waals surface area (Å²) in [6.45, 7) is 1.97. The molecule has 0 saturated heterocycles. The second kappa shape index (κ2) is 5.71. The molecule has 3 N–H and O–H groups in total. The van der Waals surface area contributed by atoms with Gasteiger partial charge in [0.15, 0.2) is 5.69 Å². The van der Waals surface area contributed by atoms with E-state index in [0.717, 1.165) is 16.5 Å². The molecular weight excluding hydrogens is 338 g/mol. The average molecular weight is 351 g/mol. The number of H-pyrrole nitrogens is 1. The summed E-state index contributed by atoms with van der Waals surface area (Å²) < 4.78 is 0. The molecule has 0 aliphatic heterocycles. The minimum absolute atomic E-state index is 0.0129. The number of rotatable bonds is 3. The van der Waals surface area contributed by atoms with Gasteiger partial charge in [-0.1, -0.05) is 18.2 Å². The molecule has 2 aromatic heterocycles. The normalized spacial score (nSPS) is 11.1. The number of phenols is 1. The zero-order valence-corrected chi connectivity index (χ0v) is 14.0. The smallest absolute Gasteiger partial charge is 0.356 e. The Morgan fingerprint density at radius 1 is 1.16 bits per heavy atom. The van der Waals surface area contributed by atoms with Crippen LogP contribution < -0.4 is 0 Å². The first-order valence-electron chi connectivity index (χ1n) is 7.52. The van der Waals surface area contributed by atoms with Crippen molar-refractivity contribution in [3.8, 4) is 26.9 Å². The number of carbonyl (C=O) groups is 1. The zero-order valence-electron chi connectivity index (χ0n) is 13.1. The molecule has 6 nitrogen and oxygen atoms in total. The number of hydrogen-bond donors (Lipinski definition) is 3. The lowest BCUT2D eigenvalue weighted by atomic mass is 10.1. The minimum atomic E-state index is -1.09. The van der Waals surface area contributed by atoms with Crippen molar-refractivity contribution in [2.45, 2.75) is 6.92 Å². The SMILES string of the molecule is Cc1cccc2c(-c3nc(C(=O)O)c(-c4ccc(O)cc4)s3)[nH]nc12. The average Bonchev–Trinajstić information content (AvgIpc) is 3.20. The van der Waals surface area contributed by atoms with E-state index in [1.165, 1.54) is 23.5 Å². The number of aryl methyl sites for hydroxylation is 1. The van der Waals surface area contributed by atoms with Crippen LogP contribution in [0.1, 0.15) is 16.1 Å². The number of nitrogens with one attached hydrogen (secondary N) is 1. The Labute approximate surface area is 146 Å². The maximum absolute atomic E-state index is 11.6. The predicted molar refractivity (Wildman–Crippen MR) is 96.0 cm³/mol. The Morgan fingerprint density at radius 2 is 1.92 bits per heavy atom. The molecule has 124 valence electrons. The minimum Gasteiger partial charge on any atom is -0.508 e. The Bertz CT molecular complexity index is 1100. The van der Waals surface area contributed by atoms with Crippen LogP contribution in [0.15, 0.2) is 42.5 Å². The molecule has 0 saturated carbocycles. The van der Waals surface area contributed by atoms with E-state index in [-0.39, 0.29) is 11.4 Å². The van der Waals surface area contributed by atoms with Crippen molar-refractivity contribution in [1.82, 2.24) is 15.2 Å². The van der Waals surface area contributed by atoms with Gasteiger partial charge in [-0.25, -0.2) is 9.78 Å². The molecule has 0 atom stereocenters. The maximum Gasteiger partial charge on any atom is 0.356 e.